The minimum Gasteiger partial charge on any atom is -0.369 e. The third kappa shape index (κ3) is 4.78. The van der Waals surface area contributed by atoms with E-state index in [1.54, 1.807) is 18.2 Å². The van der Waals surface area contributed by atoms with Gasteiger partial charge in [0.1, 0.15) is 0 Å². The quantitative estimate of drug-likeness (QED) is 0.672. The van der Waals surface area contributed by atoms with Crippen LogP contribution in [0, 0.1) is 13.8 Å². The Kier molecular flexibility index (Phi) is 6.79. The molecule has 2 heterocycles. The largest absolute Gasteiger partial charge is 0.369 e. The van der Waals surface area contributed by atoms with Crippen LogP contribution in [-0.4, -0.2) is 76.9 Å². The van der Waals surface area contributed by atoms with Crippen LogP contribution in [0.5, 0.6) is 0 Å². The van der Waals surface area contributed by atoms with Gasteiger partial charge in [-0.2, -0.15) is 0 Å². The van der Waals surface area contributed by atoms with Crippen LogP contribution in [0.3, 0.4) is 0 Å². The number of benzene rings is 2. The Morgan fingerprint density at radius 3 is 2.39 bits per heavy atom. The van der Waals surface area contributed by atoms with Gasteiger partial charge in [0.05, 0.1) is 11.4 Å². The van der Waals surface area contributed by atoms with Gasteiger partial charge >= 0.3 is 0 Å². The minimum atomic E-state index is -3.49. The molecule has 0 saturated carbocycles. The molecule has 0 radical (unpaired) electrons. The van der Waals surface area contributed by atoms with Crippen LogP contribution in [0.4, 0.5) is 11.4 Å². The molecular weight excluding hydrogens is 436 g/mol. The molecule has 8 heteroatoms. The fourth-order valence-corrected chi connectivity index (χ4v) is 5.66. The Bertz CT molecular complexity index is 1140. The molecule has 2 aromatic rings. The number of amides is 1. The van der Waals surface area contributed by atoms with Gasteiger partial charge in [-0.15, -0.1) is 0 Å². The average Bonchev–Trinajstić information content (AvgIpc) is 2.80. The molecule has 1 saturated heterocycles. The molecule has 0 atom stereocenters. The van der Waals surface area contributed by atoms with Gasteiger partial charge in [0.15, 0.2) is 0 Å². The van der Waals surface area contributed by atoms with Crippen LogP contribution in [0.1, 0.15) is 23.1 Å². The van der Waals surface area contributed by atoms with Crippen molar-refractivity contribution < 1.29 is 13.2 Å². The Morgan fingerprint density at radius 1 is 0.970 bits per heavy atom. The number of carbonyl (C=O) groups is 1. The van der Waals surface area contributed by atoms with E-state index in [4.69, 9.17) is 0 Å². The van der Waals surface area contributed by atoms with E-state index >= 15 is 0 Å². The minimum absolute atomic E-state index is 0.0827. The first kappa shape index (κ1) is 23.7. The first-order valence-electron chi connectivity index (χ1n) is 11.6. The molecule has 0 bridgehead atoms. The summed E-state index contributed by atoms with van der Waals surface area (Å²) in [4.78, 5) is 20.0. The molecule has 0 aromatic heterocycles. The van der Waals surface area contributed by atoms with Crippen LogP contribution in [0.2, 0.25) is 0 Å². The molecule has 2 aliphatic rings. The number of hydrogen-bond donors (Lipinski definition) is 0. The molecule has 0 spiro atoms. The van der Waals surface area contributed by atoms with Crippen LogP contribution in [0.15, 0.2) is 41.3 Å². The molecule has 2 aromatic carbocycles. The zero-order valence-corrected chi connectivity index (χ0v) is 20.9. The number of aryl methyl sites for hydroxylation is 2. The molecule has 1 amide bonds. The molecule has 178 valence electrons. The number of sulfonamides is 1. The SMILES string of the molecule is Cc1cccc(N2CCN(CC(=O)N3CCCc4cc(S(=O)(=O)N(C)C)ccc43)CC2)c1C. The lowest BCUT2D eigenvalue weighted by atomic mass is 10.0. The number of fused-ring (bicyclic) bond motifs is 1. The lowest BCUT2D eigenvalue weighted by Crippen LogP contribution is -2.51. The lowest BCUT2D eigenvalue weighted by Gasteiger charge is -2.38. The van der Waals surface area contributed by atoms with E-state index in [1.807, 2.05) is 4.90 Å². The van der Waals surface area contributed by atoms with E-state index < -0.39 is 10.0 Å². The molecule has 1 fully saturated rings. The predicted molar refractivity (Wildman–Crippen MR) is 133 cm³/mol. The maximum atomic E-state index is 13.2. The van der Waals surface area contributed by atoms with Gasteiger partial charge < -0.3 is 9.80 Å². The summed E-state index contributed by atoms with van der Waals surface area (Å²) in [6, 6.07) is 11.6. The summed E-state index contributed by atoms with van der Waals surface area (Å²) in [6.45, 7) is 8.87. The Morgan fingerprint density at radius 2 is 1.70 bits per heavy atom. The molecule has 7 nitrogen and oxygen atoms in total. The first-order valence-corrected chi connectivity index (χ1v) is 13.0. The topological polar surface area (TPSA) is 64.2 Å². The van der Waals surface area contributed by atoms with Gasteiger partial charge in [-0.05, 0) is 67.6 Å². The highest BCUT2D eigenvalue weighted by molar-refractivity contribution is 7.89. The van der Waals surface area contributed by atoms with E-state index in [0.29, 0.717) is 13.1 Å². The summed E-state index contributed by atoms with van der Waals surface area (Å²) in [7, 11) is -0.423. The number of hydrogen-bond acceptors (Lipinski definition) is 5. The third-order valence-corrected chi connectivity index (χ3v) is 8.71. The molecule has 4 rings (SSSR count). The van der Waals surface area contributed by atoms with Gasteiger partial charge in [-0.25, -0.2) is 12.7 Å². The van der Waals surface area contributed by atoms with Crippen molar-refractivity contribution in [3.05, 3.63) is 53.1 Å². The van der Waals surface area contributed by atoms with E-state index in [9.17, 15) is 13.2 Å². The fourth-order valence-electron chi connectivity index (χ4n) is 4.71. The van der Waals surface area contributed by atoms with Crippen molar-refractivity contribution in [3.8, 4) is 0 Å². The maximum Gasteiger partial charge on any atom is 0.242 e. The standard InChI is InChI=1S/C25H34N4O3S/c1-19-7-5-9-23(20(19)2)28-15-13-27(14-16-28)18-25(30)29-12-6-8-21-17-22(10-11-24(21)29)33(31,32)26(3)4/h5,7,9-11,17H,6,8,12-16,18H2,1-4H3. The Hall–Kier alpha value is -2.42. The van der Waals surface area contributed by atoms with Crippen molar-refractivity contribution in [2.24, 2.45) is 0 Å². The molecule has 2 aliphatic heterocycles. The van der Waals surface area contributed by atoms with Gasteiger partial charge in [-0.3, -0.25) is 9.69 Å². The summed E-state index contributed by atoms with van der Waals surface area (Å²) in [5.41, 5.74) is 5.68. The Labute approximate surface area is 197 Å². The molecule has 33 heavy (non-hydrogen) atoms. The second-order valence-corrected chi connectivity index (χ2v) is 11.4. The number of carbonyl (C=O) groups excluding carboxylic acids is 1. The highest BCUT2D eigenvalue weighted by atomic mass is 32.2. The van der Waals surface area contributed by atoms with Crippen LogP contribution in [-0.2, 0) is 21.2 Å². The van der Waals surface area contributed by atoms with E-state index in [2.05, 4.69) is 41.8 Å². The van der Waals surface area contributed by atoms with Gasteiger partial charge in [0.2, 0.25) is 15.9 Å². The van der Waals surface area contributed by atoms with Crippen molar-refractivity contribution in [2.75, 3.05) is 63.2 Å². The predicted octanol–water partition coefficient (Wildman–Crippen LogP) is 2.66. The maximum absolute atomic E-state index is 13.2. The second kappa shape index (κ2) is 9.44. The van der Waals surface area contributed by atoms with E-state index in [0.717, 1.165) is 50.3 Å². The third-order valence-electron chi connectivity index (χ3n) is 6.90. The second-order valence-electron chi connectivity index (χ2n) is 9.21. The van der Waals surface area contributed by atoms with Crippen LogP contribution >= 0.6 is 0 Å². The number of anilines is 2. The number of rotatable bonds is 5. The first-order chi connectivity index (χ1) is 15.7. The average molecular weight is 471 g/mol. The summed E-state index contributed by atoms with van der Waals surface area (Å²) in [5, 5.41) is 0. The van der Waals surface area contributed by atoms with Crippen molar-refractivity contribution in [3.63, 3.8) is 0 Å². The summed E-state index contributed by atoms with van der Waals surface area (Å²) in [6.07, 6.45) is 1.62. The van der Waals surface area contributed by atoms with Crippen molar-refractivity contribution >= 4 is 27.3 Å². The fraction of sp³-hybridized carbons (Fsp3) is 0.480. The number of nitrogens with zero attached hydrogens (tertiary/aromatic N) is 4. The smallest absolute Gasteiger partial charge is 0.242 e. The summed E-state index contributed by atoms with van der Waals surface area (Å²) in [5.74, 6) is 0.0827. The Balaban J connectivity index is 1.42. The van der Waals surface area contributed by atoms with Gasteiger partial charge in [0, 0.05) is 58.2 Å². The zero-order chi connectivity index (χ0) is 23.8. The highest BCUT2D eigenvalue weighted by Gasteiger charge is 2.28. The molecular formula is C25H34N4O3S. The van der Waals surface area contributed by atoms with Crippen molar-refractivity contribution in [1.29, 1.82) is 0 Å². The molecule has 0 N–H and O–H groups in total. The van der Waals surface area contributed by atoms with Crippen molar-refractivity contribution in [2.45, 2.75) is 31.6 Å². The van der Waals surface area contributed by atoms with Crippen LogP contribution in [0.25, 0.3) is 0 Å². The lowest BCUT2D eigenvalue weighted by molar-refractivity contribution is -0.119. The zero-order valence-electron chi connectivity index (χ0n) is 20.0. The van der Waals surface area contributed by atoms with Crippen molar-refractivity contribution in [1.82, 2.24) is 9.21 Å². The monoisotopic (exact) mass is 470 g/mol. The molecule has 0 aliphatic carbocycles. The molecule has 0 unspecified atom stereocenters. The van der Waals surface area contributed by atoms with Gasteiger partial charge in [0.25, 0.3) is 0 Å². The summed E-state index contributed by atoms with van der Waals surface area (Å²) < 4.78 is 26.2. The van der Waals surface area contributed by atoms with E-state index in [1.165, 1.54) is 35.2 Å². The number of piperazine rings is 1. The van der Waals surface area contributed by atoms with Gasteiger partial charge in [-0.1, -0.05) is 12.1 Å². The summed E-state index contributed by atoms with van der Waals surface area (Å²) >= 11 is 0. The normalized spacial score (nSPS) is 17.4. The van der Waals surface area contributed by atoms with E-state index in [-0.39, 0.29) is 10.8 Å². The highest BCUT2D eigenvalue weighted by Crippen LogP contribution is 2.30. The van der Waals surface area contributed by atoms with Crippen LogP contribution < -0.4 is 9.80 Å².